The van der Waals surface area contributed by atoms with E-state index in [2.05, 4.69) is 6.07 Å². The molecular formula is C19H26N2O4. The first-order valence-electron chi connectivity index (χ1n) is 8.82. The van der Waals surface area contributed by atoms with Gasteiger partial charge in [0, 0.05) is 32.6 Å². The number of nitrogens with zero attached hydrogens (tertiary/aromatic N) is 2. The fraction of sp³-hybridized carbons (Fsp3) is 0.579. The van der Waals surface area contributed by atoms with Gasteiger partial charge in [0.15, 0.2) is 0 Å². The molecule has 0 radical (unpaired) electrons. The molecule has 1 aromatic rings. The van der Waals surface area contributed by atoms with Crippen LogP contribution in [0.2, 0.25) is 0 Å². The first kappa shape index (κ1) is 17.6. The predicted molar refractivity (Wildman–Crippen MR) is 93.7 cm³/mol. The number of benzene rings is 1. The van der Waals surface area contributed by atoms with E-state index in [9.17, 15) is 9.59 Å². The lowest BCUT2D eigenvalue weighted by atomic mass is 10.1. The van der Waals surface area contributed by atoms with Gasteiger partial charge in [-0.2, -0.15) is 0 Å². The van der Waals surface area contributed by atoms with Gasteiger partial charge in [0.1, 0.15) is 11.4 Å². The summed E-state index contributed by atoms with van der Waals surface area (Å²) in [6, 6.07) is 5.97. The highest BCUT2D eigenvalue weighted by atomic mass is 16.6. The molecule has 1 aromatic carbocycles. The van der Waals surface area contributed by atoms with Crippen molar-refractivity contribution >= 4 is 12.0 Å². The number of amides is 2. The van der Waals surface area contributed by atoms with Gasteiger partial charge in [-0.3, -0.25) is 4.79 Å². The second-order valence-corrected chi connectivity index (χ2v) is 7.57. The van der Waals surface area contributed by atoms with E-state index in [4.69, 9.17) is 9.47 Å². The van der Waals surface area contributed by atoms with Crippen molar-refractivity contribution in [2.75, 3.05) is 32.8 Å². The van der Waals surface area contributed by atoms with Gasteiger partial charge >= 0.3 is 6.09 Å². The topological polar surface area (TPSA) is 59.1 Å². The maximum Gasteiger partial charge on any atom is 0.410 e. The fourth-order valence-electron chi connectivity index (χ4n) is 3.10. The summed E-state index contributed by atoms with van der Waals surface area (Å²) in [6.45, 7) is 8.40. The Morgan fingerprint density at radius 2 is 1.80 bits per heavy atom. The molecule has 2 aliphatic heterocycles. The average Bonchev–Trinajstić information content (AvgIpc) is 3.01. The summed E-state index contributed by atoms with van der Waals surface area (Å²) < 4.78 is 10.9. The van der Waals surface area contributed by atoms with Gasteiger partial charge in [0.05, 0.1) is 13.0 Å². The Kier molecular flexibility index (Phi) is 4.88. The van der Waals surface area contributed by atoms with Gasteiger partial charge in [0.2, 0.25) is 5.91 Å². The molecule has 2 amide bonds. The molecule has 0 unspecified atom stereocenters. The zero-order chi connectivity index (χ0) is 18.0. The predicted octanol–water partition coefficient (Wildman–Crippen LogP) is 2.24. The number of piperazine rings is 1. The van der Waals surface area contributed by atoms with E-state index in [-0.39, 0.29) is 12.0 Å². The Morgan fingerprint density at radius 1 is 1.12 bits per heavy atom. The summed E-state index contributed by atoms with van der Waals surface area (Å²) in [5.41, 5.74) is 1.70. The lowest BCUT2D eigenvalue weighted by Gasteiger charge is -2.35. The van der Waals surface area contributed by atoms with Gasteiger partial charge in [0.25, 0.3) is 0 Å². The standard InChI is InChI=1S/C19H26N2O4/c1-19(2,3)25-18(23)21-9-7-20(8-10-21)17(22)13-14-4-5-16-15(12-14)6-11-24-16/h4-5,12H,6-11,13H2,1-3H3. The molecule has 0 spiro atoms. The van der Waals surface area contributed by atoms with Crippen LogP contribution < -0.4 is 4.74 Å². The molecule has 2 aliphatic rings. The molecule has 6 nitrogen and oxygen atoms in total. The molecule has 3 rings (SSSR count). The molecule has 0 N–H and O–H groups in total. The summed E-state index contributed by atoms with van der Waals surface area (Å²) in [4.78, 5) is 28.1. The van der Waals surface area contributed by atoms with Crippen LogP contribution in [0.5, 0.6) is 5.75 Å². The van der Waals surface area contributed by atoms with Crippen molar-refractivity contribution in [1.82, 2.24) is 9.80 Å². The van der Waals surface area contributed by atoms with E-state index in [1.54, 1.807) is 4.90 Å². The van der Waals surface area contributed by atoms with E-state index < -0.39 is 5.60 Å². The Balaban J connectivity index is 1.51. The highest BCUT2D eigenvalue weighted by molar-refractivity contribution is 5.79. The van der Waals surface area contributed by atoms with E-state index in [1.807, 2.05) is 37.8 Å². The van der Waals surface area contributed by atoms with Crippen LogP contribution in [0.1, 0.15) is 31.9 Å². The van der Waals surface area contributed by atoms with Crippen molar-refractivity contribution in [3.05, 3.63) is 29.3 Å². The quantitative estimate of drug-likeness (QED) is 0.824. The molecular weight excluding hydrogens is 320 g/mol. The van der Waals surface area contributed by atoms with E-state index in [1.165, 1.54) is 5.56 Å². The minimum Gasteiger partial charge on any atom is -0.493 e. The Morgan fingerprint density at radius 3 is 2.48 bits per heavy atom. The summed E-state index contributed by atoms with van der Waals surface area (Å²) >= 11 is 0. The van der Waals surface area contributed by atoms with Crippen LogP contribution in [-0.2, 0) is 22.4 Å². The van der Waals surface area contributed by atoms with Crippen LogP contribution in [0, 0.1) is 0 Å². The molecule has 25 heavy (non-hydrogen) atoms. The Bertz CT molecular complexity index is 658. The van der Waals surface area contributed by atoms with Crippen molar-refractivity contribution in [2.24, 2.45) is 0 Å². The summed E-state index contributed by atoms with van der Waals surface area (Å²) in [5, 5.41) is 0. The number of fused-ring (bicyclic) bond motifs is 1. The number of hydrogen-bond donors (Lipinski definition) is 0. The fourth-order valence-corrected chi connectivity index (χ4v) is 3.10. The number of rotatable bonds is 2. The first-order valence-corrected chi connectivity index (χ1v) is 8.82. The molecule has 1 saturated heterocycles. The number of hydrogen-bond acceptors (Lipinski definition) is 4. The van der Waals surface area contributed by atoms with Crippen molar-refractivity contribution in [3.8, 4) is 5.75 Å². The molecule has 0 aromatic heterocycles. The average molecular weight is 346 g/mol. The van der Waals surface area contributed by atoms with Gasteiger partial charge in [-0.1, -0.05) is 12.1 Å². The number of carbonyl (C=O) groups excluding carboxylic acids is 2. The maximum absolute atomic E-state index is 12.5. The summed E-state index contributed by atoms with van der Waals surface area (Å²) in [5.74, 6) is 1.03. The molecule has 6 heteroatoms. The smallest absolute Gasteiger partial charge is 0.410 e. The van der Waals surface area contributed by atoms with Crippen LogP contribution in [-0.4, -0.2) is 60.2 Å². The molecule has 0 atom stereocenters. The zero-order valence-electron chi connectivity index (χ0n) is 15.2. The van der Waals surface area contributed by atoms with E-state index in [0.29, 0.717) is 32.6 Å². The lowest BCUT2D eigenvalue weighted by molar-refractivity contribution is -0.132. The van der Waals surface area contributed by atoms with Crippen LogP contribution in [0.3, 0.4) is 0 Å². The normalized spacial score (nSPS) is 17.1. The second-order valence-electron chi connectivity index (χ2n) is 7.57. The van der Waals surface area contributed by atoms with E-state index in [0.717, 1.165) is 24.3 Å². The van der Waals surface area contributed by atoms with Gasteiger partial charge in [-0.15, -0.1) is 0 Å². The van der Waals surface area contributed by atoms with Crippen molar-refractivity contribution in [3.63, 3.8) is 0 Å². The number of carbonyl (C=O) groups is 2. The van der Waals surface area contributed by atoms with Gasteiger partial charge in [-0.05, 0) is 38.0 Å². The second kappa shape index (κ2) is 6.94. The van der Waals surface area contributed by atoms with Crippen molar-refractivity contribution < 1.29 is 19.1 Å². The third-order valence-corrected chi connectivity index (χ3v) is 4.39. The molecule has 0 bridgehead atoms. The third-order valence-electron chi connectivity index (χ3n) is 4.39. The summed E-state index contributed by atoms with van der Waals surface area (Å²) in [6.07, 6.45) is 0.990. The minimum absolute atomic E-state index is 0.0997. The lowest BCUT2D eigenvalue weighted by Crippen LogP contribution is -2.52. The summed E-state index contributed by atoms with van der Waals surface area (Å²) in [7, 11) is 0. The Hall–Kier alpha value is -2.24. The van der Waals surface area contributed by atoms with Crippen LogP contribution in [0.15, 0.2) is 18.2 Å². The molecule has 136 valence electrons. The highest BCUT2D eigenvalue weighted by Crippen LogP contribution is 2.26. The van der Waals surface area contributed by atoms with Gasteiger partial charge < -0.3 is 19.3 Å². The molecule has 0 saturated carbocycles. The van der Waals surface area contributed by atoms with Gasteiger partial charge in [-0.25, -0.2) is 4.79 Å². The molecule has 0 aliphatic carbocycles. The zero-order valence-corrected chi connectivity index (χ0v) is 15.2. The van der Waals surface area contributed by atoms with Crippen LogP contribution in [0.25, 0.3) is 0 Å². The molecule has 2 heterocycles. The van der Waals surface area contributed by atoms with Crippen molar-refractivity contribution in [2.45, 2.75) is 39.2 Å². The largest absolute Gasteiger partial charge is 0.493 e. The van der Waals surface area contributed by atoms with Crippen molar-refractivity contribution in [1.29, 1.82) is 0 Å². The maximum atomic E-state index is 12.5. The number of ether oxygens (including phenoxy) is 2. The van der Waals surface area contributed by atoms with E-state index >= 15 is 0 Å². The van der Waals surface area contributed by atoms with Crippen LogP contribution in [0.4, 0.5) is 4.79 Å². The first-order chi connectivity index (χ1) is 11.8. The third kappa shape index (κ3) is 4.44. The Labute approximate surface area is 148 Å². The minimum atomic E-state index is -0.499. The highest BCUT2D eigenvalue weighted by Gasteiger charge is 2.27. The van der Waals surface area contributed by atoms with Crippen LogP contribution >= 0.6 is 0 Å². The monoisotopic (exact) mass is 346 g/mol. The SMILES string of the molecule is CC(C)(C)OC(=O)N1CCN(C(=O)Cc2ccc3c(c2)CCO3)CC1. The molecule has 1 fully saturated rings.